The number of amides is 1. The maximum absolute atomic E-state index is 14.9. The van der Waals surface area contributed by atoms with E-state index in [4.69, 9.17) is 11.6 Å². The molecule has 1 saturated heterocycles. The van der Waals surface area contributed by atoms with E-state index < -0.39 is 52.3 Å². The van der Waals surface area contributed by atoms with Crippen LogP contribution in [-0.4, -0.2) is 73.1 Å². The van der Waals surface area contributed by atoms with Crippen LogP contribution in [0.1, 0.15) is 24.8 Å². The first-order valence-electron chi connectivity index (χ1n) is 9.26. The highest BCUT2D eigenvalue weighted by molar-refractivity contribution is 7.87. The normalized spacial score (nSPS) is 26.6. The number of hydrogen-bond donors (Lipinski definition) is 2. The summed E-state index contributed by atoms with van der Waals surface area (Å²) in [6.07, 6.45) is -0.698. The van der Waals surface area contributed by atoms with E-state index in [0.29, 0.717) is 6.42 Å². The zero-order chi connectivity index (χ0) is 21.6. The predicted molar refractivity (Wildman–Crippen MR) is 104 cm³/mol. The Morgan fingerprint density at radius 2 is 2.07 bits per heavy atom. The molecule has 3 atom stereocenters. The molecule has 0 aromatic heterocycles. The van der Waals surface area contributed by atoms with Crippen molar-refractivity contribution in [3.63, 3.8) is 0 Å². The third-order valence-corrected chi connectivity index (χ3v) is 7.47. The van der Waals surface area contributed by atoms with Crippen LogP contribution in [0.15, 0.2) is 18.2 Å². The minimum atomic E-state index is -4.01. The Labute approximate surface area is 173 Å². The molecule has 2 N–H and O–H groups in total. The molecule has 2 aliphatic rings. The van der Waals surface area contributed by atoms with E-state index in [1.165, 1.54) is 32.3 Å². The molecule has 0 radical (unpaired) electrons. The molecule has 1 aromatic carbocycles. The topological polar surface area (TPSA) is 90.0 Å². The van der Waals surface area contributed by atoms with E-state index in [0.717, 1.165) is 9.21 Å². The number of likely N-dealkylation sites (tertiary alicyclic amines) is 1. The van der Waals surface area contributed by atoms with Crippen molar-refractivity contribution in [2.24, 2.45) is 0 Å². The molecular weight excluding hydrogens is 428 g/mol. The highest BCUT2D eigenvalue weighted by atomic mass is 35.5. The summed E-state index contributed by atoms with van der Waals surface area (Å²) in [5.41, 5.74) is -1.45. The van der Waals surface area contributed by atoms with Crippen LogP contribution in [0.2, 0.25) is 5.02 Å². The molecule has 162 valence electrons. The van der Waals surface area contributed by atoms with Gasteiger partial charge in [-0.05, 0) is 37.3 Å². The van der Waals surface area contributed by atoms with Crippen molar-refractivity contribution in [2.75, 3.05) is 20.6 Å². The van der Waals surface area contributed by atoms with E-state index in [2.05, 4.69) is 4.72 Å². The van der Waals surface area contributed by atoms with E-state index in [-0.39, 0.29) is 29.8 Å². The van der Waals surface area contributed by atoms with Crippen LogP contribution in [0.4, 0.5) is 8.78 Å². The molecule has 1 aromatic rings. The number of alkyl halides is 1. The van der Waals surface area contributed by atoms with Gasteiger partial charge in [0, 0.05) is 14.1 Å². The predicted octanol–water partition coefficient (Wildman–Crippen LogP) is 1.25. The monoisotopic (exact) mass is 451 g/mol. The molecule has 1 saturated carbocycles. The Kier molecular flexibility index (Phi) is 6.22. The molecule has 1 amide bonds. The zero-order valence-corrected chi connectivity index (χ0v) is 17.7. The summed E-state index contributed by atoms with van der Waals surface area (Å²) in [7, 11) is -1.44. The van der Waals surface area contributed by atoms with Gasteiger partial charge < -0.3 is 10.0 Å². The zero-order valence-electron chi connectivity index (χ0n) is 16.1. The number of rotatable bonds is 6. The van der Waals surface area contributed by atoms with Gasteiger partial charge in [-0.3, -0.25) is 4.79 Å². The van der Waals surface area contributed by atoms with Crippen molar-refractivity contribution in [2.45, 2.75) is 49.5 Å². The van der Waals surface area contributed by atoms with Gasteiger partial charge >= 0.3 is 0 Å². The molecule has 1 aliphatic heterocycles. The van der Waals surface area contributed by atoms with Crippen molar-refractivity contribution >= 4 is 27.7 Å². The first kappa shape index (κ1) is 22.4. The molecule has 3 rings (SSSR count). The van der Waals surface area contributed by atoms with Crippen molar-refractivity contribution in [1.29, 1.82) is 0 Å². The van der Waals surface area contributed by atoms with Crippen LogP contribution in [0, 0.1) is 5.82 Å². The van der Waals surface area contributed by atoms with Crippen LogP contribution >= 0.6 is 11.6 Å². The van der Waals surface area contributed by atoms with Gasteiger partial charge in [0.1, 0.15) is 17.6 Å². The molecular formula is C18H24ClF2N3O4S. The second-order valence-corrected chi connectivity index (χ2v) is 10.1. The minimum Gasteiger partial charge on any atom is -0.380 e. The molecule has 0 spiro atoms. The molecule has 11 heteroatoms. The largest absolute Gasteiger partial charge is 0.380 e. The van der Waals surface area contributed by atoms with Crippen LogP contribution in [-0.2, 0) is 21.4 Å². The second kappa shape index (κ2) is 8.07. The fourth-order valence-electron chi connectivity index (χ4n) is 3.70. The summed E-state index contributed by atoms with van der Waals surface area (Å²) < 4.78 is 57.1. The van der Waals surface area contributed by atoms with Crippen molar-refractivity contribution < 1.29 is 27.1 Å². The quantitative estimate of drug-likeness (QED) is 0.681. The summed E-state index contributed by atoms with van der Waals surface area (Å²) in [5.74, 6) is -1.37. The van der Waals surface area contributed by atoms with E-state index in [1.807, 2.05) is 0 Å². The minimum absolute atomic E-state index is 0.127. The average molecular weight is 452 g/mol. The van der Waals surface area contributed by atoms with Gasteiger partial charge in [0.05, 0.1) is 23.7 Å². The van der Waals surface area contributed by atoms with Crippen LogP contribution in [0.25, 0.3) is 0 Å². The van der Waals surface area contributed by atoms with Crippen molar-refractivity contribution in [1.82, 2.24) is 13.9 Å². The maximum Gasteiger partial charge on any atom is 0.279 e. The summed E-state index contributed by atoms with van der Waals surface area (Å²) in [4.78, 5) is 14.0. The molecule has 2 fully saturated rings. The lowest BCUT2D eigenvalue weighted by atomic mass is 9.79. The number of halogens is 3. The molecule has 29 heavy (non-hydrogen) atoms. The van der Waals surface area contributed by atoms with Crippen LogP contribution in [0.5, 0.6) is 0 Å². The summed E-state index contributed by atoms with van der Waals surface area (Å²) in [6, 6.07) is 2.01. The average Bonchev–Trinajstić information content (AvgIpc) is 2.91. The van der Waals surface area contributed by atoms with Crippen molar-refractivity contribution in [3.05, 3.63) is 34.6 Å². The highest BCUT2D eigenvalue weighted by Crippen LogP contribution is 2.37. The van der Waals surface area contributed by atoms with Crippen molar-refractivity contribution in [3.8, 4) is 0 Å². The SMILES string of the molecule is CN(C)S(=O)(=O)N[C@H]1[C@@H](F)CN(C(=O)C2(O)CCC2)[C@H]1Cc1cccc(Cl)c1F. The Hall–Kier alpha value is -1.33. The van der Waals surface area contributed by atoms with Gasteiger partial charge in [0.25, 0.3) is 16.1 Å². The smallest absolute Gasteiger partial charge is 0.279 e. The fraction of sp³-hybridized carbons (Fsp3) is 0.611. The number of carbonyl (C=O) groups excluding carboxylic acids is 1. The summed E-state index contributed by atoms with van der Waals surface area (Å²) >= 11 is 5.83. The Morgan fingerprint density at radius 3 is 2.62 bits per heavy atom. The molecule has 1 heterocycles. The molecule has 0 unspecified atom stereocenters. The third kappa shape index (κ3) is 4.27. The number of aliphatic hydroxyl groups is 1. The Balaban J connectivity index is 1.95. The Morgan fingerprint density at radius 1 is 1.41 bits per heavy atom. The summed E-state index contributed by atoms with van der Waals surface area (Å²) in [6.45, 7) is -0.394. The lowest BCUT2D eigenvalue weighted by molar-refractivity contribution is -0.161. The molecule has 1 aliphatic carbocycles. The third-order valence-electron chi connectivity index (χ3n) is 5.64. The number of carbonyl (C=O) groups is 1. The molecule has 7 nitrogen and oxygen atoms in total. The van der Waals surface area contributed by atoms with Crippen LogP contribution < -0.4 is 4.72 Å². The Bertz CT molecular complexity index is 895. The van der Waals surface area contributed by atoms with Gasteiger partial charge in [-0.1, -0.05) is 23.7 Å². The first-order valence-corrected chi connectivity index (χ1v) is 11.1. The number of nitrogens with one attached hydrogen (secondary N) is 1. The fourth-order valence-corrected chi connectivity index (χ4v) is 4.75. The van der Waals surface area contributed by atoms with Gasteiger partial charge in [0.15, 0.2) is 0 Å². The number of benzene rings is 1. The standard InChI is InChI=1S/C18H24ClF2N3O4S/c1-23(2)29(27,28)22-16-13(20)10-24(17(25)18(26)7-4-8-18)14(16)9-11-5-3-6-12(19)15(11)21/h3,5-6,13-14,16,22,26H,4,7-10H2,1-2H3/t13-,14-,16-/m0/s1. The second-order valence-electron chi connectivity index (χ2n) is 7.77. The van der Waals surface area contributed by atoms with Gasteiger partial charge in [-0.2, -0.15) is 17.4 Å². The van der Waals surface area contributed by atoms with Crippen LogP contribution in [0.3, 0.4) is 0 Å². The lowest BCUT2D eigenvalue weighted by Gasteiger charge is -2.40. The lowest BCUT2D eigenvalue weighted by Crippen LogP contribution is -2.57. The number of hydrogen-bond acceptors (Lipinski definition) is 4. The van der Waals surface area contributed by atoms with E-state index in [1.54, 1.807) is 0 Å². The van der Waals surface area contributed by atoms with Gasteiger partial charge in [0.2, 0.25) is 0 Å². The number of nitrogens with zero attached hydrogens (tertiary/aromatic N) is 2. The van der Waals surface area contributed by atoms with Gasteiger partial charge in [-0.25, -0.2) is 8.78 Å². The van der Waals surface area contributed by atoms with Gasteiger partial charge in [-0.15, -0.1) is 0 Å². The summed E-state index contributed by atoms with van der Waals surface area (Å²) in [5, 5.41) is 10.3. The first-order chi connectivity index (χ1) is 13.5. The molecule has 0 bridgehead atoms. The highest BCUT2D eigenvalue weighted by Gasteiger charge is 2.52. The van der Waals surface area contributed by atoms with E-state index >= 15 is 0 Å². The van der Waals surface area contributed by atoms with E-state index in [9.17, 15) is 27.1 Å². The maximum atomic E-state index is 14.9.